The SMILES string of the molecule is CC(CO)NC(=O)c1c(Cl)cccc1Cl. The molecule has 0 aromatic heterocycles. The Morgan fingerprint density at radius 3 is 2.47 bits per heavy atom. The maximum Gasteiger partial charge on any atom is 0.254 e. The first-order valence-electron chi connectivity index (χ1n) is 4.42. The first kappa shape index (κ1) is 12.3. The van der Waals surface area contributed by atoms with Gasteiger partial charge in [-0.15, -0.1) is 0 Å². The Labute approximate surface area is 98.0 Å². The van der Waals surface area contributed by atoms with Gasteiger partial charge in [0.05, 0.1) is 22.2 Å². The molecule has 0 saturated heterocycles. The highest BCUT2D eigenvalue weighted by Gasteiger charge is 2.15. The van der Waals surface area contributed by atoms with E-state index in [9.17, 15) is 4.79 Å². The second-order valence-electron chi connectivity index (χ2n) is 3.15. The summed E-state index contributed by atoms with van der Waals surface area (Å²) < 4.78 is 0. The number of carbonyl (C=O) groups is 1. The molecule has 0 aliphatic rings. The van der Waals surface area contributed by atoms with Crippen LogP contribution in [0, 0.1) is 0 Å². The first-order chi connectivity index (χ1) is 7.06. The van der Waals surface area contributed by atoms with Crippen LogP contribution in [-0.2, 0) is 0 Å². The molecule has 0 bridgehead atoms. The third-order valence-corrected chi connectivity index (χ3v) is 2.47. The van der Waals surface area contributed by atoms with Crippen LogP contribution in [0.4, 0.5) is 0 Å². The Morgan fingerprint density at radius 1 is 1.47 bits per heavy atom. The molecule has 1 atom stereocenters. The fourth-order valence-electron chi connectivity index (χ4n) is 1.06. The largest absolute Gasteiger partial charge is 0.394 e. The molecule has 82 valence electrons. The lowest BCUT2D eigenvalue weighted by Crippen LogP contribution is -2.35. The van der Waals surface area contributed by atoms with Crippen molar-refractivity contribution < 1.29 is 9.90 Å². The van der Waals surface area contributed by atoms with Crippen LogP contribution in [0.15, 0.2) is 18.2 Å². The quantitative estimate of drug-likeness (QED) is 0.860. The minimum absolute atomic E-state index is 0.131. The molecule has 5 heteroatoms. The molecule has 15 heavy (non-hydrogen) atoms. The van der Waals surface area contributed by atoms with Crippen molar-refractivity contribution in [1.29, 1.82) is 0 Å². The second-order valence-corrected chi connectivity index (χ2v) is 3.97. The van der Waals surface area contributed by atoms with E-state index in [-0.39, 0.29) is 24.1 Å². The van der Waals surface area contributed by atoms with Crippen LogP contribution in [0.3, 0.4) is 0 Å². The van der Waals surface area contributed by atoms with E-state index in [2.05, 4.69) is 5.32 Å². The molecule has 3 nitrogen and oxygen atoms in total. The van der Waals surface area contributed by atoms with E-state index in [1.165, 1.54) is 0 Å². The number of nitrogens with one attached hydrogen (secondary N) is 1. The molecule has 2 N–H and O–H groups in total. The lowest BCUT2D eigenvalue weighted by atomic mass is 10.2. The maximum absolute atomic E-state index is 11.7. The van der Waals surface area contributed by atoms with Crippen molar-refractivity contribution in [2.45, 2.75) is 13.0 Å². The summed E-state index contributed by atoms with van der Waals surface area (Å²) in [6.07, 6.45) is 0. The van der Waals surface area contributed by atoms with Crippen molar-refractivity contribution in [3.05, 3.63) is 33.8 Å². The number of aliphatic hydroxyl groups is 1. The predicted molar refractivity (Wildman–Crippen MR) is 60.5 cm³/mol. The van der Waals surface area contributed by atoms with E-state index in [1.807, 2.05) is 0 Å². The molecule has 0 aliphatic heterocycles. The zero-order valence-corrected chi connectivity index (χ0v) is 9.64. The first-order valence-corrected chi connectivity index (χ1v) is 5.17. The number of halogens is 2. The van der Waals surface area contributed by atoms with Gasteiger partial charge in [-0.05, 0) is 19.1 Å². The summed E-state index contributed by atoms with van der Waals surface area (Å²) in [6, 6.07) is 4.51. The van der Waals surface area contributed by atoms with Crippen LogP contribution in [0.5, 0.6) is 0 Å². The van der Waals surface area contributed by atoms with E-state index >= 15 is 0 Å². The highest BCUT2D eigenvalue weighted by atomic mass is 35.5. The summed E-state index contributed by atoms with van der Waals surface area (Å²) >= 11 is 11.7. The fourth-order valence-corrected chi connectivity index (χ4v) is 1.63. The molecule has 0 aliphatic carbocycles. The van der Waals surface area contributed by atoms with Crippen molar-refractivity contribution in [2.75, 3.05) is 6.61 Å². The molecular weight excluding hydrogens is 237 g/mol. The van der Waals surface area contributed by atoms with E-state index < -0.39 is 0 Å². The molecule has 0 fully saturated rings. The van der Waals surface area contributed by atoms with Crippen LogP contribution in [0.25, 0.3) is 0 Å². The van der Waals surface area contributed by atoms with Gasteiger partial charge in [0, 0.05) is 6.04 Å². The van der Waals surface area contributed by atoms with Gasteiger partial charge in [0.15, 0.2) is 0 Å². The minimum Gasteiger partial charge on any atom is -0.394 e. The monoisotopic (exact) mass is 247 g/mol. The van der Waals surface area contributed by atoms with Gasteiger partial charge in [-0.25, -0.2) is 0 Å². The van der Waals surface area contributed by atoms with Crippen LogP contribution >= 0.6 is 23.2 Å². The van der Waals surface area contributed by atoms with Crippen molar-refractivity contribution >= 4 is 29.1 Å². The molecule has 1 aromatic carbocycles. The van der Waals surface area contributed by atoms with Gasteiger partial charge in [-0.2, -0.15) is 0 Å². The Kier molecular flexibility index (Phi) is 4.39. The molecule has 0 radical (unpaired) electrons. The number of rotatable bonds is 3. The number of hydrogen-bond donors (Lipinski definition) is 2. The van der Waals surface area contributed by atoms with Crippen LogP contribution in [-0.4, -0.2) is 23.7 Å². The summed E-state index contributed by atoms with van der Waals surface area (Å²) in [5.41, 5.74) is 0.237. The average Bonchev–Trinajstić information content (AvgIpc) is 2.17. The zero-order chi connectivity index (χ0) is 11.4. The lowest BCUT2D eigenvalue weighted by molar-refractivity contribution is 0.0922. The predicted octanol–water partition coefficient (Wildman–Crippen LogP) is 2.10. The molecule has 0 saturated carbocycles. The standard InChI is InChI=1S/C10H11Cl2NO2/c1-6(5-14)13-10(15)9-7(11)3-2-4-8(9)12/h2-4,6,14H,5H2,1H3,(H,13,15). The minimum atomic E-state index is -0.382. The molecule has 0 heterocycles. The molecule has 1 rings (SSSR count). The maximum atomic E-state index is 11.7. The second kappa shape index (κ2) is 5.35. The smallest absolute Gasteiger partial charge is 0.254 e. The lowest BCUT2D eigenvalue weighted by Gasteiger charge is -2.12. The summed E-state index contributed by atoms with van der Waals surface area (Å²) in [4.78, 5) is 11.7. The van der Waals surface area contributed by atoms with Gasteiger partial charge >= 0.3 is 0 Å². The summed E-state index contributed by atoms with van der Waals surface area (Å²) in [5, 5.41) is 12.0. The Bertz CT molecular complexity index is 348. The third-order valence-electron chi connectivity index (χ3n) is 1.84. The van der Waals surface area contributed by atoms with Crippen molar-refractivity contribution in [3.63, 3.8) is 0 Å². The molecule has 1 amide bonds. The van der Waals surface area contributed by atoms with Crippen LogP contribution in [0.2, 0.25) is 10.0 Å². The topological polar surface area (TPSA) is 49.3 Å². The highest BCUT2D eigenvalue weighted by Crippen LogP contribution is 2.23. The zero-order valence-electron chi connectivity index (χ0n) is 8.13. The Balaban J connectivity index is 2.91. The summed E-state index contributed by atoms with van der Waals surface area (Å²) in [6.45, 7) is 1.55. The van der Waals surface area contributed by atoms with Crippen molar-refractivity contribution in [1.82, 2.24) is 5.32 Å². The molecular formula is C10H11Cl2NO2. The van der Waals surface area contributed by atoms with Gasteiger partial charge in [0.1, 0.15) is 0 Å². The highest BCUT2D eigenvalue weighted by molar-refractivity contribution is 6.39. The van der Waals surface area contributed by atoms with Gasteiger partial charge < -0.3 is 10.4 Å². The Hall–Kier alpha value is -0.770. The molecule has 1 aromatic rings. The van der Waals surface area contributed by atoms with Crippen LogP contribution in [0.1, 0.15) is 17.3 Å². The van der Waals surface area contributed by atoms with Gasteiger partial charge in [-0.3, -0.25) is 4.79 Å². The fraction of sp³-hybridized carbons (Fsp3) is 0.300. The van der Waals surface area contributed by atoms with Crippen molar-refractivity contribution in [2.24, 2.45) is 0 Å². The van der Waals surface area contributed by atoms with Gasteiger partial charge in [0.25, 0.3) is 5.91 Å². The molecule has 1 unspecified atom stereocenters. The van der Waals surface area contributed by atoms with E-state index in [1.54, 1.807) is 25.1 Å². The number of carbonyl (C=O) groups excluding carboxylic acids is 1. The molecule has 0 spiro atoms. The Morgan fingerprint density at radius 2 is 2.00 bits per heavy atom. The number of hydrogen-bond acceptors (Lipinski definition) is 2. The normalized spacial score (nSPS) is 12.3. The number of aliphatic hydroxyl groups excluding tert-OH is 1. The summed E-state index contributed by atoms with van der Waals surface area (Å²) in [7, 11) is 0. The average molecular weight is 248 g/mol. The van der Waals surface area contributed by atoms with E-state index in [4.69, 9.17) is 28.3 Å². The van der Waals surface area contributed by atoms with Crippen molar-refractivity contribution in [3.8, 4) is 0 Å². The van der Waals surface area contributed by atoms with E-state index in [0.717, 1.165) is 0 Å². The van der Waals surface area contributed by atoms with Crippen LogP contribution < -0.4 is 5.32 Å². The summed E-state index contributed by atoms with van der Waals surface area (Å²) in [5.74, 6) is -0.382. The van der Waals surface area contributed by atoms with E-state index in [0.29, 0.717) is 10.0 Å². The van der Waals surface area contributed by atoms with Gasteiger partial charge in [-0.1, -0.05) is 29.3 Å². The number of benzene rings is 1. The van der Waals surface area contributed by atoms with Gasteiger partial charge in [0.2, 0.25) is 0 Å². The third kappa shape index (κ3) is 3.09. The number of amides is 1.